The van der Waals surface area contributed by atoms with E-state index in [1.165, 1.54) is 4.57 Å². The molecule has 28 heavy (non-hydrogen) atoms. The summed E-state index contributed by atoms with van der Waals surface area (Å²) < 4.78 is 8.93. The number of hydrogen-bond donors (Lipinski definition) is 1. The highest BCUT2D eigenvalue weighted by molar-refractivity contribution is 14.1. The maximum Gasteiger partial charge on any atom is 0.349 e. The first-order valence-corrected chi connectivity index (χ1v) is 13.5. The molecular weight excluding hydrogens is 483 g/mol. The van der Waals surface area contributed by atoms with Crippen molar-refractivity contribution < 1.29 is 4.43 Å². The fraction of sp³-hybridized carbons (Fsp3) is 0.550. The highest BCUT2D eigenvalue weighted by atomic mass is 127. The fourth-order valence-corrected chi connectivity index (χ4v) is 4.52. The topological polar surface area (TPSA) is 69.0 Å². The molecule has 1 N–H and O–H groups in total. The van der Waals surface area contributed by atoms with E-state index in [0.717, 1.165) is 26.9 Å². The van der Waals surface area contributed by atoms with Crippen LogP contribution in [0.4, 0.5) is 11.5 Å². The summed E-state index contributed by atoms with van der Waals surface area (Å²) in [6.45, 7) is 15.4. The highest BCUT2D eigenvalue weighted by Gasteiger charge is 2.39. The normalized spacial score (nSPS) is 13.5. The molecule has 8 heteroatoms. The molecule has 1 atom stereocenters. The molecule has 0 amide bonds. The minimum atomic E-state index is -1.89. The molecule has 0 aliphatic rings. The van der Waals surface area contributed by atoms with E-state index in [1.807, 2.05) is 6.92 Å². The zero-order valence-electron chi connectivity index (χ0n) is 18.1. The Kier molecular flexibility index (Phi) is 7.09. The van der Waals surface area contributed by atoms with Crippen LogP contribution in [0.25, 0.3) is 0 Å². The molecule has 154 valence electrons. The van der Waals surface area contributed by atoms with Gasteiger partial charge in [-0.2, -0.15) is 4.98 Å². The van der Waals surface area contributed by atoms with Crippen LogP contribution in [0.15, 0.2) is 23.3 Å². The third kappa shape index (κ3) is 5.21. The standard InChI is InChI=1S/C20H31IN4O2Si/c1-9-17(27-28(7,8)20(3,4)5)15-10-13(2)16(11-22-15)23-18-14(21)12-25(6)19(26)24-18/h10-12,17H,9H2,1-8H3,(H,23,24,26). The van der Waals surface area contributed by atoms with Crippen LogP contribution in [0.1, 0.15) is 51.5 Å². The molecule has 0 saturated carbocycles. The van der Waals surface area contributed by atoms with Gasteiger partial charge in [0.05, 0.1) is 27.3 Å². The van der Waals surface area contributed by atoms with Crippen molar-refractivity contribution in [2.75, 3.05) is 5.32 Å². The number of rotatable bonds is 6. The van der Waals surface area contributed by atoms with Gasteiger partial charge in [0.1, 0.15) is 0 Å². The average molecular weight is 514 g/mol. The first-order valence-electron chi connectivity index (χ1n) is 9.50. The Bertz CT molecular complexity index is 906. The summed E-state index contributed by atoms with van der Waals surface area (Å²) in [6, 6.07) is 2.07. The van der Waals surface area contributed by atoms with Crippen molar-refractivity contribution in [1.82, 2.24) is 14.5 Å². The van der Waals surface area contributed by atoms with Gasteiger partial charge >= 0.3 is 5.69 Å². The molecule has 0 fully saturated rings. The van der Waals surface area contributed by atoms with E-state index in [2.05, 4.69) is 84.7 Å². The van der Waals surface area contributed by atoms with E-state index >= 15 is 0 Å². The lowest BCUT2D eigenvalue weighted by Crippen LogP contribution is -2.41. The first-order chi connectivity index (χ1) is 12.9. The van der Waals surface area contributed by atoms with Crippen LogP contribution in [0.5, 0.6) is 0 Å². The first kappa shape index (κ1) is 23.0. The number of nitrogens with one attached hydrogen (secondary N) is 1. The second-order valence-corrected chi connectivity index (χ2v) is 14.6. The van der Waals surface area contributed by atoms with E-state index in [9.17, 15) is 4.79 Å². The third-order valence-corrected chi connectivity index (χ3v) is 10.6. The largest absolute Gasteiger partial charge is 0.408 e. The van der Waals surface area contributed by atoms with Crippen LogP contribution in [-0.2, 0) is 11.5 Å². The zero-order chi connectivity index (χ0) is 21.3. The van der Waals surface area contributed by atoms with Crippen molar-refractivity contribution in [3.05, 3.63) is 43.8 Å². The monoisotopic (exact) mass is 514 g/mol. The van der Waals surface area contributed by atoms with Gasteiger partial charge < -0.3 is 14.3 Å². The lowest BCUT2D eigenvalue weighted by atomic mass is 10.1. The molecule has 6 nitrogen and oxygen atoms in total. The fourth-order valence-electron chi connectivity index (χ4n) is 2.50. The van der Waals surface area contributed by atoms with Crippen LogP contribution in [0.2, 0.25) is 18.1 Å². The van der Waals surface area contributed by atoms with Gasteiger partial charge in [-0.1, -0.05) is 27.7 Å². The van der Waals surface area contributed by atoms with Crippen molar-refractivity contribution in [3.8, 4) is 0 Å². The Morgan fingerprint density at radius 3 is 2.54 bits per heavy atom. The molecular formula is C20H31IN4O2Si. The van der Waals surface area contributed by atoms with Gasteiger partial charge in [-0.3, -0.25) is 4.98 Å². The molecule has 2 rings (SSSR count). The minimum absolute atomic E-state index is 0.0177. The lowest BCUT2D eigenvalue weighted by molar-refractivity contribution is 0.175. The van der Waals surface area contributed by atoms with Gasteiger partial charge in [-0.25, -0.2) is 4.79 Å². The summed E-state index contributed by atoms with van der Waals surface area (Å²) in [7, 11) is -0.196. The van der Waals surface area contributed by atoms with Crippen molar-refractivity contribution in [2.24, 2.45) is 7.05 Å². The van der Waals surface area contributed by atoms with Gasteiger partial charge in [-0.05, 0) is 65.7 Å². The molecule has 0 radical (unpaired) electrons. The van der Waals surface area contributed by atoms with Crippen LogP contribution in [0.3, 0.4) is 0 Å². The number of pyridine rings is 1. The van der Waals surface area contributed by atoms with Gasteiger partial charge in [0.25, 0.3) is 0 Å². The Hall–Kier alpha value is -1.26. The number of aromatic nitrogens is 3. The van der Waals surface area contributed by atoms with Crippen LogP contribution < -0.4 is 11.0 Å². The van der Waals surface area contributed by atoms with Crippen molar-refractivity contribution in [2.45, 2.75) is 65.3 Å². The number of anilines is 2. The molecule has 0 spiro atoms. The summed E-state index contributed by atoms with van der Waals surface area (Å²) >= 11 is 2.17. The van der Waals surface area contributed by atoms with Gasteiger partial charge in [-0.15, -0.1) is 0 Å². The molecule has 0 aliphatic carbocycles. The number of aryl methyl sites for hydroxylation is 2. The molecule has 0 bridgehead atoms. The highest BCUT2D eigenvalue weighted by Crippen LogP contribution is 2.40. The molecule has 0 saturated heterocycles. The maximum absolute atomic E-state index is 11.8. The van der Waals surface area contributed by atoms with Crippen molar-refractivity contribution in [3.63, 3.8) is 0 Å². The Morgan fingerprint density at radius 2 is 2.00 bits per heavy atom. The average Bonchev–Trinajstić information content (AvgIpc) is 2.58. The molecule has 2 aromatic heterocycles. The van der Waals surface area contributed by atoms with E-state index in [0.29, 0.717) is 5.82 Å². The summed E-state index contributed by atoms with van der Waals surface area (Å²) in [6.07, 6.45) is 4.42. The quantitative estimate of drug-likeness (QED) is 0.418. The number of nitrogens with zero attached hydrogens (tertiary/aromatic N) is 3. The summed E-state index contributed by atoms with van der Waals surface area (Å²) in [5.41, 5.74) is 2.53. The molecule has 2 heterocycles. The number of hydrogen-bond acceptors (Lipinski definition) is 5. The van der Waals surface area contributed by atoms with Crippen LogP contribution in [0, 0.1) is 10.5 Å². The maximum atomic E-state index is 11.8. The minimum Gasteiger partial charge on any atom is -0.408 e. The smallest absolute Gasteiger partial charge is 0.349 e. The van der Waals surface area contributed by atoms with Crippen molar-refractivity contribution in [1.29, 1.82) is 0 Å². The Labute approximate surface area is 182 Å². The molecule has 0 aliphatic heterocycles. The van der Waals surface area contributed by atoms with Gasteiger partial charge in [0.2, 0.25) is 0 Å². The van der Waals surface area contributed by atoms with Crippen LogP contribution >= 0.6 is 22.6 Å². The molecule has 2 aromatic rings. The predicted octanol–water partition coefficient (Wildman–Crippen LogP) is 5.30. The van der Waals surface area contributed by atoms with Crippen molar-refractivity contribution >= 4 is 42.4 Å². The molecule has 1 unspecified atom stereocenters. The van der Waals surface area contributed by atoms with E-state index in [-0.39, 0.29) is 16.8 Å². The Balaban J connectivity index is 2.28. The summed E-state index contributed by atoms with van der Waals surface area (Å²) in [5.74, 6) is 0.547. The SMILES string of the molecule is CCC(O[Si](C)(C)C(C)(C)C)c1cc(C)c(Nc2nc(=O)n(C)cc2I)cn1. The Morgan fingerprint density at radius 1 is 1.36 bits per heavy atom. The van der Waals surface area contributed by atoms with Gasteiger partial charge in [0, 0.05) is 13.2 Å². The number of halogens is 1. The lowest BCUT2D eigenvalue weighted by Gasteiger charge is -2.39. The van der Waals surface area contributed by atoms with Gasteiger partial charge in [0.15, 0.2) is 14.1 Å². The zero-order valence-corrected chi connectivity index (χ0v) is 21.2. The summed E-state index contributed by atoms with van der Waals surface area (Å²) in [4.78, 5) is 20.6. The third-order valence-electron chi connectivity index (χ3n) is 5.37. The van der Waals surface area contributed by atoms with E-state index < -0.39 is 8.32 Å². The molecule has 0 aromatic carbocycles. The predicted molar refractivity (Wildman–Crippen MR) is 126 cm³/mol. The van der Waals surface area contributed by atoms with E-state index in [4.69, 9.17) is 4.43 Å². The summed E-state index contributed by atoms with van der Waals surface area (Å²) in [5, 5.41) is 3.39. The second kappa shape index (κ2) is 8.62. The second-order valence-electron chi connectivity index (χ2n) is 8.66. The van der Waals surface area contributed by atoms with Crippen LogP contribution in [-0.4, -0.2) is 22.9 Å². The van der Waals surface area contributed by atoms with E-state index in [1.54, 1.807) is 19.4 Å².